The maximum absolute atomic E-state index is 11.7. The Morgan fingerprint density at radius 2 is 1.95 bits per heavy atom. The number of carbonyl (C=O) groups excluding carboxylic acids is 1. The second kappa shape index (κ2) is 6.00. The van der Waals surface area contributed by atoms with Crippen LogP contribution in [-0.4, -0.2) is 12.1 Å². The molecule has 2 aromatic rings. The molecule has 5 heteroatoms. The van der Waals surface area contributed by atoms with E-state index in [1.807, 2.05) is 24.3 Å². The molecule has 3 nitrogen and oxygen atoms in total. The Labute approximate surface area is 132 Å². The molecule has 1 aromatic carbocycles. The lowest BCUT2D eigenvalue weighted by Crippen LogP contribution is -2.14. The molecule has 1 aliphatic carbocycles. The number of hydrogen-bond donors (Lipinski definition) is 1. The van der Waals surface area contributed by atoms with Gasteiger partial charge in [-0.1, -0.05) is 23.7 Å². The topological polar surface area (TPSA) is 55.5 Å². The normalized spacial score (nSPS) is 14.3. The van der Waals surface area contributed by atoms with Crippen molar-refractivity contribution in [3.63, 3.8) is 0 Å². The van der Waals surface area contributed by atoms with Gasteiger partial charge in [0.25, 0.3) is 5.91 Å². The third-order valence-corrected chi connectivity index (χ3v) is 5.05. The van der Waals surface area contributed by atoms with E-state index in [-0.39, 0.29) is 5.91 Å². The van der Waals surface area contributed by atoms with E-state index in [4.69, 9.17) is 17.3 Å². The van der Waals surface area contributed by atoms with Gasteiger partial charge in [-0.15, -0.1) is 11.3 Å². The fourth-order valence-electron chi connectivity index (χ4n) is 2.58. The zero-order valence-corrected chi connectivity index (χ0v) is 13.0. The van der Waals surface area contributed by atoms with Crippen LogP contribution in [0.25, 0.3) is 0 Å². The number of hydrogen-bond acceptors (Lipinski definition) is 3. The highest BCUT2D eigenvalue weighted by Crippen LogP contribution is 2.39. The minimum atomic E-state index is -0.377. The van der Waals surface area contributed by atoms with Crippen LogP contribution in [0, 0.1) is 0 Å². The van der Waals surface area contributed by atoms with Gasteiger partial charge in [0, 0.05) is 16.1 Å². The molecule has 0 aliphatic heterocycles. The molecule has 1 amide bonds. The van der Waals surface area contributed by atoms with Gasteiger partial charge < -0.3 is 5.73 Å². The van der Waals surface area contributed by atoms with Gasteiger partial charge in [0.1, 0.15) is 5.00 Å². The zero-order valence-electron chi connectivity index (χ0n) is 11.4. The predicted octanol–water partition coefficient (Wildman–Crippen LogP) is 4.13. The fourth-order valence-corrected chi connectivity index (χ4v) is 3.94. The van der Waals surface area contributed by atoms with Crippen molar-refractivity contribution in [1.82, 2.24) is 0 Å². The Morgan fingerprint density at radius 3 is 2.67 bits per heavy atom. The number of primary amides is 1. The number of fused-ring (bicyclic) bond motifs is 1. The summed E-state index contributed by atoms with van der Waals surface area (Å²) in [6.45, 7) is 0. The van der Waals surface area contributed by atoms with Crippen molar-refractivity contribution < 1.29 is 4.79 Å². The Kier molecular flexibility index (Phi) is 4.08. The monoisotopic (exact) mass is 318 g/mol. The molecule has 0 fully saturated rings. The van der Waals surface area contributed by atoms with Crippen LogP contribution < -0.4 is 5.73 Å². The summed E-state index contributed by atoms with van der Waals surface area (Å²) in [6, 6.07) is 7.42. The van der Waals surface area contributed by atoms with Crippen molar-refractivity contribution in [3.05, 3.63) is 50.9 Å². The van der Waals surface area contributed by atoms with Crippen LogP contribution in [0.4, 0.5) is 5.00 Å². The van der Waals surface area contributed by atoms with Crippen LogP contribution in [0.5, 0.6) is 0 Å². The molecule has 0 atom stereocenters. The molecule has 2 N–H and O–H groups in total. The highest BCUT2D eigenvalue weighted by molar-refractivity contribution is 7.16. The third kappa shape index (κ3) is 3.01. The average Bonchev–Trinajstić information content (AvgIpc) is 2.85. The van der Waals surface area contributed by atoms with Gasteiger partial charge in [0.15, 0.2) is 0 Å². The number of amides is 1. The molecule has 21 heavy (non-hydrogen) atoms. The van der Waals surface area contributed by atoms with E-state index in [0.717, 1.165) is 35.4 Å². The maximum atomic E-state index is 11.7. The molecule has 1 heterocycles. The van der Waals surface area contributed by atoms with E-state index in [1.165, 1.54) is 11.3 Å². The van der Waals surface area contributed by atoms with Gasteiger partial charge in [-0.25, -0.2) is 4.99 Å². The maximum Gasteiger partial charge on any atom is 0.252 e. The molecule has 1 aliphatic rings. The van der Waals surface area contributed by atoms with E-state index in [9.17, 15) is 4.79 Å². The van der Waals surface area contributed by atoms with Gasteiger partial charge in [-0.3, -0.25) is 4.79 Å². The summed E-state index contributed by atoms with van der Waals surface area (Å²) >= 11 is 7.45. The van der Waals surface area contributed by atoms with Crippen LogP contribution in [-0.2, 0) is 12.8 Å². The molecule has 108 valence electrons. The lowest BCUT2D eigenvalue weighted by Gasteiger charge is -2.10. The van der Waals surface area contributed by atoms with Crippen molar-refractivity contribution in [2.24, 2.45) is 10.7 Å². The van der Waals surface area contributed by atoms with E-state index < -0.39 is 0 Å². The summed E-state index contributed by atoms with van der Waals surface area (Å²) in [4.78, 5) is 17.5. The summed E-state index contributed by atoms with van der Waals surface area (Å²) < 4.78 is 0. The van der Waals surface area contributed by atoms with Crippen LogP contribution in [0.1, 0.15) is 39.2 Å². The molecule has 0 saturated heterocycles. The molecule has 0 bridgehead atoms. The van der Waals surface area contributed by atoms with Gasteiger partial charge >= 0.3 is 0 Å². The minimum absolute atomic E-state index is 0.377. The van der Waals surface area contributed by atoms with Crippen molar-refractivity contribution in [2.75, 3.05) is 0 Å². The molecular formula is C16H15ClN2OS. The average molecular weight is 319 g/mol. The predicted molar refractivity (Wildman–Crippen MR) is 88.2 cm³/mol. The molecule has 3 rings (SSSR count). The van der Waals surface area contributed by atoms with E-state index in [0.29, 0.717) is 10.6 Å². The summed E-state index contributed by atoms with van der Waals surface area (Å²) in [6.07, 6.45) is 5.99. The molecule has 0 unspecified atom stereocenters. The van der Waals surface area contributed by atoms with Gasteiger partial charge in [-0.05, 0) is 48.9 Å². The Balaban J connectivity index is 1.96. The lowest BCUT2D eigenvalue weighted by atomic mass is 9.95. The summed E-state index contributed by atoms with van der Waals surface area (Å²) in [5, 5.41) is 1.42. The fraction of sp³-hybridized carbons (Fsp3) is 0.250. The van der Waals surface area contributed by atoms with Crippen molar-refractivity contribution in [1.29, 1.82) is 0 Å². The number of rotatable bonds is 3. The first-order chi connectivity index (χ1) is 10.1. The van der Waals surface area contributed by atoms with E-state index in [2.05, 4.69) is 4.99 Å². The van der Waals surface area contributed by atoms with Crippen LogP contribution >= 0.6 is 22.9 Å². The number of thiophene rings is 1. The van der Waals surface area contributed by atoms with Crippen LogP contribution in [0.3, 0.4) is 0 Å². The SMILES string of the molecule is NC(=O)c1c(/N=C/c2ccc(Cl)cc2)sc2c1CCCC2. The summed E-state index contributed by atoms with van der Waals surface area (Å²) in [5.74, 6) is -0.377. The first kappa shape index (κ1) is 14.3. The van der Waals surface area contributed by atoms with Gasteiger partial charge in [-0.2, -0.15) is 0 Å². The highest BCUT2D eigenvalue weighted by Gasteiger charge is 2.23. The number of nitrogens with zero attached hydrogens (tertiary/aromatic N) is 1. The number of carbonyl (C=O) groups is 1. The first-order valence-electron chi connectivity index (χ1n) is 6.89. The smallest absolute Gasteiger partial charge is 0.252 e. The largest absolute Gasteiger partial charge is 0.365 e. The summed E-state index contributed by atoms with van der Waals surface area (Å²) in [7, 11) is 0. The number of nitrogens with two attached hydrogens (primary N) is 1. The van der Waals surface area contributed by atoms with Crippen molar-refractivity contribution >= 4 is 40.1 Å². The van der Waals surface area contributed by atoms with Crippen molar-refractivity contribution in [2.45, 2.75) is 25.7 Å². The van der Waals surface area contributed by atoms with Crippen molar-refractivity contribution in [3.8, 4) is 0 Å². The number of aryl methyl sites for hydroxylation is 1. The van der Waals surface area contributed by atoms with E-state index >= 15 is 0 Å². The lowest BCUT2D eigenvalue weighted by molar-refractivity contribution is 0.100. The standard InChI is InChI=1S/C16H15ClN2OS/c17-11-7-5-10(6-8-11)9-19-16-14(15(18)20)12-3-1-2-4-13(12)21-16/h5-9H,1-4H2,(H2,18,20)/b19-9+. The molecule has 0 spiro atoms. The minimum Gasteiger partial charge on any atom is -0.365 e. The second-order valence-corrected chi connectivity index (χ2v) is 6.59. The van der Waals surface area contributed by atoms with Gasteiger partial charge in [0.2, 0.25) is 0 Å². The molecule has 1 aromatic heterocycles. The summed E-state index contributed by atoms with van der Waals surface area (Å²) in [5.41, 5.74) is 8.22. The Hall–Kier alpha value is -1.65. The first-order valence-corrected chi connectivity index (χ1v) is 8.08. The van der Waals surface area contributed by atoms with E-state index in [1.54, 1.807) is 17.6 Å². The molecule has 0 saturated carbocycles. The van der Waals surface area contributed by atoms with Crippen LogP contribution in [0.2, 0.25) is 5.02 Å². The Morgan fingerprint density at radius 1 is 1.24 bits per heavy atom. The van der Waals surface area contributed by atoms with Crippen LogP contribution in [0.15, 0.2) is 29.3 Å². The molecular weight excluding hydrogens is 304 g/mol. The quantitative estimate of drug-likeness (QED) is 0.850. The second-order valence-electron chi connectivity index (χ2n) is 5.07. The number of benzene rings is 1. The highest BCUT2D eigenvalue weighted by atomic mass is 35.5. The Bertz CT molecular complexity index is 704. The molecule has 0 radical (unpaired) electrons. The number of halogens is 1. The zero-order chi connectivity index (χ0) is 14.8. The third-order valence-electron chi connectivity index (χ3n) is 3.60. The number of aliphatic imine (C=N–C) groups is 1. The van der Waals surface area contributed by atoms with Gasteiger partial charge in [0.05, 0.1) is 5.56 Å².